The van der Waals surface area contributed by atoms with Crippen molar-refractivity contribution in [1.82, 2.24) is 14.8 Å². The molecule has 11 heteroatoms. The lowest BCUT2D eigenvalue weighted by molar-refractivity contribution is -0.383. The average molecular weight is 484 g/mol. The van der Waals surface area contributed by atoms with Crippen LogP contribution in [0.25, 0.3) is 11.4 Å². The number of anilines is 1. The van der Waals surface area contributed by atoms with Crippen molar-refractivity contribution in [2.24, 2.45) is 0 Å². The van der Waals surface area contributed by atoms with Crippen LogP contribution in [0.15, 0.2) is 53.7 Å². The van der Waals surface area contributed by atoms with Gasteiger partial charge in [0.15, 0.2) is 11.0 Å². The number of nitrogens with zero attached hydrogens (tertiary/aromatic N) is 4. The Morgan fingerprint density at radius 3 is 2.76 bits per heavy atom. The normalized spacial score (nSPS) is 15.3. The summed E-state index contributed by atoms with van der Waals surface area (Å²) in [6.07, 6.45) is 2.26. The molecule has 0 spiro atoms. The minimum atomic E-state index is -0.515. The van der Waals surface area contributed by atoms with E-state index in [0.717, 1.165) is 36.6 Å². The lowest BCUT2D eigenvalue weighted by Gasteiger charge is -2.15. The molecule has 1 saturated heterocycles. The zero-order valence-electron chi connectivity index (χ0n) is 18.7. The van der Waals surface area contributed by atoms with Crippen LogP contribution < -0.4 is 10.1 Å². The number of nitro groups is 1. The summed E-state index contributed by atoms with van der Waals surface area (Å²) in [5.74, 6) is 1.62. The molecule has 1 N–H and O–H groups in total. The van der Waals surface area contributed by atoms with Gasteiger partial charge in [-0.3, -0.25) is 19.5 Å². The predicted octanol–water partition coefficient (Wildman–Crippen LogP) is 4.16. The third-order valence-corrected chi connectivity index (χ3v) is 6.38. The number of ether oxygens (including phenoxy) is 2. The standard InChI is InChI=1S/C23H25N5O5S/c1-32-17-10-8-16(9-11-17)22-25-26-23(27(22)15-18-5-4-13-33-18)34-14-12-21(29)24-19-6-2-3-7-20(19)28(30)31/h2-3,6-11,18H,4-5,12-15H2,1H3,(H,24,29). The number of hydrogen-bond donors (Lipinski definition) is 1. The van der Waals surface area contributed by atoms with E-state index in [9.17, 15) is 14.9 Å². The van der Waals surface area contributed by atoms with Crippen molar-refractivity contribution >= 4 is 29.0 Å². The topological polar surface area (TPSA) is 121 Å². The Balaban J connectivity index is 1.44. The van der Waals surface area contributed by atoms with E-state index in [1.165, 1.54) is 23.9 Å². The number of nitrogens with one attached hydrogen (secondary N) is 1. The molecule has 2 aromatic carbocycles. The Hall–Kier alpha value is -3.44. The maximum Gasteiger partial charge on any atom is 0.292 e. The summed E-state index contributed by atoms with van der Waals surface area (Å²) in [7, 11) is 1.62. The fourth-order valence-electron chi connectivity index (χ4n) is 3.69. The molecule has 10 nitrogen and oxygen atoms in total. The molecule has 1 amide bonds. The predicted molar refractivity (Wildman–Crippen MR) is 128 cm³/mol. The van der Waals surface area contributed by atoms with Crippen LogP contribution in [0.5, 0.6) is 5.75 Å². The van der Waals surface area contributed by atoms with Crippen molar-refractivity contribution in [2.75, 3.05) is 24.8 Å². The van der Waals surface area contributed by atoms with E-state index < -0.39 is 4.92 Å². The SMILES string of the molecule is COc1ccc(-c2nnc(SCCC(=O)Nc3ccccc3[N+](=O)[O-])n2CC2CCCO2)cc1. The first-order valence-electron chi connectivity index (χ1n) is 10.9. The van der Waals surface area contributed by atoms with E-state index in [0.29, 0.717) is 17.5 Å². The monoisotopic (exact) mass is 483 g/mol. The van der Waals surface area contributed by atoms with Gasteiger partial charge < -0.3 is 14.8 Å². The zero-order valence-corrected chi connectivity index (χ0v) is 19.5. The average Bonchev–Trinajstić information content (AvgIpc) is 3.50. The molecule has 0 saturated carbocycles. The Bertz CT molecular complexity index is 1140. The van der Waals surface area contributed by atoms with Gasteiger partial charge in [0.1, 0.15) is 11.4 Å². The molecule has 0 radical (unpaired) electrons. The molecule has 178 valence electrons. The van der Waals surface area contributed by atoms with E-state index in [4.69, 9.17) is 9.47 Å². The van der Waals surface area contributed by atoms with Crippen LogP contribution in [0.2, 0.25) is 0 Å². The van der Waals surface area contributed by atoms with E-state index in [1.807, 2.05) is 28.8 Å². The molecule has 1 atom stereocenters. The number of hydrogen-bond acceptors (Lipinski definition) is 8. The lowest BCUT2D eigenvalue weighted by Crippen LogP contribution is -2.17. The molecule has 0 bridgehead atoms. The van der Waals surface area contributed by atoms with Crippen molar-refractivity contribution < 1.29 is 19.2 Å². The molecule has 2 heterocycles. The number of rotatable bonds is 10. The molecule has 1 aliphatic rings. The molecule has 1 unspecified atom stereocenters. The third-order valence-electron chi connectivity index (χ3n) is 5.41. The van der Waals surface area contributed by atoms with E-state index in [2.05, 4.69) is 15.5 Å². The largest absolute Gasteiger partial charge is 0.497 e. The highest BCUT2D eigenvalue weighted by Crippen LogP contribution is 2.28. The van der Waals surface area contributed by atoms with Crippen molar-refractivity contribution in [3.05, 3.63) is 58.6 Å². The van der Waals surface area contributed by atoms with Gasteiger partial charge in [0.2, 0.25) is 5.91 Å². The van der Waals surface area contributed by atoms with Gasteiger partial charge in [0.05, 0.1) is 24.7 Å². The summed E-state index contributed by atoms with van der Waals surface area (Å²) >= 11 is 1.42. The van der Waals surface area contributed by atoms with Crippen LogP contribution in [-0.2, 0) is 16.1 Å². The molecule has 4 rings (SSSR count). The number of benzene rings is 2. The van der Waals surface area contributed by atoms with Gasteiger partial charge in [-0.1, -0.05) is 23.9 Å². The zero-order chi connectivity index (χ0) is 23.9. The molecular weight excluding hydrogens is 458 g/mol. The number of aromatic nitrogens is 3. The number of methoxy groups -OCH3 is 1. The highest BCUT2D eigenvalue weighted by Gasteiger charge is 2.22. The first-order valence-corrected chi connectivity index (χ1v) is 11.9. The number of para-hydroxylation sites is 2. The Morgan fingerprint density at radius 2 is 2.06 bits per heavy atom. The van der Waals surface area contributed by atoms with Crippen molar-refractivity contribution in [3.8, 4) is 17.1 Å². The van der Waals surface area contributed by atoms with Crippen molar-refractivity contribution in [2.45, 2.75) is 37.1 Å². The molecule has 34 heavy (non-hydrogen) atoms. The van der Waals surface area contributed by atoms with Crippen LogP contribution in [0.3, 0.4) is 0 Å². The first kappa shape index (κ1) is 23.7. The van der Waals surface area contributed by atoms with Gasteiger partial charge in [0.25, 0.3) is 5.69 Å². The van der Waals surface area contributed by atoms with Crippen LogP contribution in [-0.4, -0.2) is 51.2 Å². The van der Waals surface area contributed by atoms with Crippen LogP contribution in [0.1, 0.15) is 19.3 Å². The van der Waals surface area contributed by atoms with Gasteiger partial charge in [0, 0.05) is 30.4 Å². The Morgan fingerprint density at radius 1 is 1.26 bits per heavy atom. The summed E-state index contributed by atoms with van der Waals surface area (Å²) < 4.78 is 13.1. The van der Waals surface area contributed by atoms with E-state index in [1.54, 1.807) is 19.2 Å². The van der Waals surface area contributed by atoms with Crippen LogP contribution >= 0.6 is 11.8 Å². The number of amides is 1. The second-order valence-corrected chi connectivity index (χ2v) is 8.76. The molecule has 1 aromatic heterocycles. The van der Waals surface area contributed by atoms with Crippen LogP contribution in [0, 0.1) is 10.1 Å². The summed E-state index contributed by atoms with van der Waals surface area (Å²) in [6.45, 7) is 1.37. The smallest absolute Gasteiger partial charge is 0.292 e. The van der Waals surface area contributed by atoms with Crippen molar-refractivity contribution in [3.63, 3.8) is 0 Å². The van der Waals surface area contributed by atoms with Gasteiger partial charge in [-0.05, 0) is 43.2 Å². The number of carbonyl (C=O) groups excluding carboxylic acids is 1. The second-order valence-electron chi connectivity index (χ2n) is 7.70. The highest BCUT2D eigenvalue weighted by molar-refractivity contribution is 7.99. The van der Waals surface area contributed by atoms with Gasteiger partial charge >= 0.3 is 0 Å². The molecule has 0 aliphatic carbocycles. The Labute approximate surface area is 200 Å². The minimum Gasteiger partial charge on any atom is -0.497 e. The Kier molecular flexibility index (Phi) is 7.76. The summed E-state index contributed by atoms with van der Waals surface area (Å²) in [5.41, 5.74) is 0.960. The molecule has 3 aromatic rings. The fourth-order valence-corrected chi connectivity index (χ4v) is 4.58. The second kappa shape index (κ2) is 11.1. The number of nitro benzene ring substituents is 1. The maximum atomic E-state index is 12.4. The summed E-state index contributed by atoms with van der Waals surface area (Å²) in [5, 5.41) is 23.2. The van der Waals surface area contributed by atoms with Crippen molar-refractivity contribution in [1.29, 1.82) is 0 Å². The summed E-state index contributed by atoms with van der Waals surface area (Å²) in [6, 6.07) is 13.7. The highest BCUT2D eigenvalue weighted by atomic mass is 32.2. The number of thioether (sulfide) groups is 1. The fraction of sp³-hybridized carbons (Fsp3) is 0.348. The molecule has 1 fully saturated rings. The molecule has 1 aliphatic heterocycles. The van der Waals surface area contributed by atoms with Gasteiger partial charge in [-0.15, -0.1) is 10.2 Å². The number of carbonyl (C=O) groups is 1. The third kappa shape index (κ3) is 5.72. The van der Waals surface area contributed by atoms with E-state index in [-0.39, 0.29) is 29.8 Å². The van der Waals surface area contributed by atoms with E-state index >= 15 is 0 Å². The quantitative estimate of drug-likeness (QED) is 0.259. The van der Waals surface area contributed by atoms with Crippen LogP contribution in [0.4, 0.5) is 11.4 Å². The van der Waals surface area contributed by atoms with Gasteiger partial charge in [-0.25, -0.2) is 0 Å². The van der Waals surface area contributed by atoms with Gasteiger partial charge in [-0.2, -0.15) is 0 Å². The maximum absolute atomic E-state index is 12.4. The minimum absolute atomic E-state index is 0.0919. The summed E-state index contributed by atoms with van der Waals surface area (Å²) in [4.78, 5) is 23.0. The lowest BCUT2D eigenvalue weighted by atomic mass is 10.2. The molecular formula is C23H25N5O5S. The first-order chi connectivity index (χ1) is 16.5.